The lowest BCUT2D eigenvalue weighted by atomic mass is 10.1. The number of hydrogen-bond donors (Lipinski definition) is 2. The average molecular weight is 326 g/mol. The topological polar surface area (TPSA) is 93.7 Å². The van der Waals surface area contributed by atoms with Gasteiger partial charge < -0.3 is 20.1 Å². The van der Waals surface area contributed by atoms with Crippen LogP contribution in [0.15, 0.2) is 18.2 Å². The summed E-state index contributed by atoms with van der Waals surface area (Å²) in [6, 6.07) is 5.19. The summed E-state index contributed by atoms with van der Waals surface area (Å²) in [5.41, 5.74) is 0.905. The van der Waals surface area contributed by atoms with Crippen molar-refractivity contribution in [3.63, 3.8) is 0 Å². The van der Waals surface area contributed by atoms with Gasteiger partial charge in [-0.3, -0.25) is 0 Å². The van der Waals surface area contributed by atoms with Gasteiger partial charge in [-0.2, -0.15) is 0 Å². The van der Waals surface area contributed by atoms with Gasteiger partial charge in [0.05, 0.1) is 11.5 Å². The molecule has 1 saturated heterocycles. The van der Waals surface area contributed by atoms with Crippen LogP contribution in [0.1, 0.15) is 12.0 Å². The van der Waals surface area contributed by atoms with Crippen molar-refractivity contribution in [1.29, 1.82) is 0 Å². The molecular weight excluding hydrogens is 308 g/mol. The molecule has 120 valence electrons. The Morgan fingerprint density at radius 2 is 2.05 bits per heavy atom. The van der Waals surface area contributed by atoms with Crippen LogP contribution >= 0.6 is 0 Å². The maximum atomic E-state index is 11.7. The summed E-state index contributed by atoms with van der Waals surface area (Å²) in [6.07, 6.45) is 0.616. The molecule has 0 saturated carbocycles. The lowest BCUT2D eigenvalue weighted by Crippen LogP contribution is -2.38. The number of nitrogens with one attached hydrogen (secondary N) is 2. The van der Waals surface area contributed by atoms with Gasteiger partial charge in [0.1, 0.15) is 0 Å². The second-order valence-corrected chi connectivity index (χ2v) is 7.75. The molecule has 0 aromatic heterocycles. The van der Waals surface area contributed by atoms with Crippen LogP contribution < -0.4 is 20.1 Å². The highest BCUT2D eigenvalue weighted by molar-refractivity contribution is 7.91. The molecule has 0 spiro atoms. The molecule has 1 atom stereocenters. The van der Waals surface area contributed by atoms with Crippen LogP contribution in [0, 0.1) is 5.92 Å². The van der Waals surface area contributed by atoms with Crippen LogP contribution in [0.5, 0.6) is 11.5 Å². The standard InChI is InChI=1S/C14H18N2O5S/c17-14(16-7-11-3-4-22(18,19)8-11)15-6-10-1-2-12-13(5-10)21-9-20-12/h1-2,5,11H,3-4,6-9H2,(H2,15,16,17)/t11-/m1/s1. The van der Waals surface area contributed by atoms with Crippen LogP contribution in [-0.4, -0.2) is 39.3 Å². The molecule has 2 amide bonds. The van der Waals surface area contributed by atoms with Crippen molar-refractivity contribution >= 4 is 15.9 Å². The van der Waals surface area contributed by atoms with Crippen molar-refractivity contribution in [2.45, 2.75) is 13.0 Å². The first-order valence-corrected chi connectivity index (χ1v) is 8.95. The SMILES string of the molecule is O=C(NCc1ccc2c(c1)OCO2)NC[C@H]1CCS(=O)(=O)C1. The molecule has 7 nitrogen and oxygen atoms in total. The van der Waals surface area contributed by atoms with E-state index in [1.165, 1.54) is 0 Å². The van der Waals surface area contributed by atoms with Crippen LogP contribution in [-0.2, 0) is 16.4 Å². The summed E-state index contributed by atoms with van der Waals surface area (Å²) in [5, 5.41) is 5.45. The quantitative estimate of drug-likeness (QED) is 0.847. The summed E-state index contributed by atoms with van der Waals surface area (Å²) in [7, 11) is -2.90. The predicted molar refractivity (Wildman–Crippen MR) is 79.6 cm³/mol. The molecule has 2 aliphatic rings. The highest BCUT2D eigenvalue weighted by atomic mass is 32.2. The Balaban J connectivity index is 1.43. The number of benzene rings is 1. The molecular formula is C14H18N2O5S. The van der Waals surface area contributed by atoms with Crippen molar-refractivity contribution in [3.05, 3.63) is 23.8 Å². The largest absolute Gasteiger partial charge is 0.454 e. The van der Waals surface area contributed by atoms with Gasteiger partial charge in [0, 0.05) is 13.1 Å². The average Bonchev–Trinajstić information content (AvgIpc) is 3.08. The Labute approximate surface area is 128 Å². The first kappa shape index (κ1) is 15.0. The predicted octanol–water partition coefficient (Wildman–Crippen LogP) is 0.649. The zero-order chi connectivity index (χ0) is 15.6. The Hall–Kier alpha value is -1.96. The van der Waals surface area contributed by atoms with E-state index in [1.54, 1.807) is 6.07 Å². The van der Waals surface area contributed by atoms with Crippen LogP contribution in [0.25, 0.3) is 0 Å². The fourth-order valence-electron chi connectivity index (χ4n) is 2.57. The number of urea groups is 1. The third-order valence-electron chi connectivity index (χ3n) is 3.77. The van der Waals surface area contributed by atoms with Gasteiger partial charge in [-0.25, -0.2) is 13.2 Å². The maximum absolute atomic E-state index is 11.7. The maximum Gasteiger partial charge on any atom is 0.315 e. The number of sulfone groups is 1. The fraction of sp³-hybridized carbons (Fsp3) is 0.500. The van der Waals surface area contributed by atoms with E-state index in [1.807, 2.05) is 12.1 Å². The van der Waals surface area contributed by atoms with Crippen molar-refractivity contribution < 1.29 is 22.7 Å². The van der Waals surface area contributed by atoms with Gasteiger partial charge in [0.25, 0.3) is 0 Å². The lowest BCUT2D eigenvalue weighted by molar-refractivity contribution is 0.174. The molecule has 0 radical (unpaired) electrons. The first-order valence-electron chi connectivity index (χ1n) is 7.12. The minimum atomic E-state index is -2.90. The van der Waals surface area contributed by atoms with E-state index in [9.17, 15) is 13.2 Å². The minimum absolute atomic E-state index is 0.0151. The smallest absolute Gasteiger partial charge is 0.315 e. The molecule has 2 heterocycles. The highest BCUT2D eigenvalue weighted by Gasteiger charge is 2.27. The van der Waals surface area contributed by atoms with Gasteiger partial charge >= 0.3 is 6.03 Å². The second-order valence-electron chi connectivity index (χ2n) is 5.52. The summed E-state index contributed by atoms with van der Waals surface area (Å²) in [5.74, 6) is 1.78. The molecule has 0 aliphatic carbocycles. The number of hydrogen-bond acceptors (Lipinski definition) is 5. The number of fused-ring (bicyclic) bond motifs is 1. The zero-order valence-electron chi connectivity index (χ0n) is 12.0. The Kier molecular flexibility index (Phi) is 4.10. The van der Waals surface area contributed by atoms with E-state index in [0.717, 1.165) is 5.56 Å². The third-order valence-corrected chi connectivity index (χ3v) is 5.61. The van der Waals surface area contributed by atoms with Crippen LogP contribution in [0.4, 0.5) is 4.79 Å². The van der Waals surface area contributed by atoms with Gasteiger partial charge in [-0.05, 0) is 30.0 Å². The van der Waals surface area contributed by atoms with Crippen molar-refractivity contribution in [3.8, 4) is 11.5 Å². The third kappa shape index (κ3) is 3.62. The molecule has 1 aromatic rings. The van der Waals surface area contributed by atoms with E-state index < -0.39 is 9.84 Å². The Morgan fingerprint density at radius 3 is 2.82 bits per heavy atom. The molecule has 2 N–H and O–H groups in total. The Morgan fingerprint density at radius 1 is 1.23 bits per heavy atom. The molecule has 1 aromatic carbocycles. The molecule has 3 rings (SSSR count). The van der Waals surface area contributed by atoms with E-state index in [2.05, 4.69) is 10.6 Å². The number of amides is 2. The molecule has 1 fully saturated rings. The van der Waals surface area contributed by atoms with Gasteiger partial charge in [-0.15, -0.1) is 0 Å². The second kappa shape index (κ2) is 6.04. The fourth-order valence-corrected chi connectivity index (χ4v) is 4.43. The summed E-state index contributed by atoms with van der Waals surface area (Å²) in [6.45, 7) is 0.967. The molecule has 0 bridgehead atoms. The van der Waals surface area contributed by atoms with Gasteiger partial charge in [0.2, 0.25) is 6.79 Å². The molecule has 8 heteroatoms. The molecule has 22 heavy (non-hydrogen) atoms. The van der Waals surface area contributed by atoms with E-state index in [-0.39, 0.29) is 30.2 Å². The zero-order valence-corrected chi connectivity index (χ0v) is 12.8. The number of carbonyl (C=O) groups excluding carboxylic acids is 1. The van der Waals surface area contributed by atoms with E-state index in [0.29, 0.717) is 31.0 Å². The Bertz CT molecular complexity index is 674. The monoisotopic (exact) mass is 326 g/mol. The van der Waals surface area contributed by atoms with Crippen LogP contribution in [0.3, 0.4) is 0 Å². The highest BCUT2D eigenvalue weighted by Crippen LogP contribution is 2.32. The number of ether oxygens (including phenoxy) is 2. The normalized spacial score (nSPS) is 21.5. The minimum Gasteiger partial charge on any atom is -0.454 e. The van der Waals surface area contributed by atoms with Crippen LogP contribution in [0.2, 0.25) is 0 Å². The van der Waals surface area contributed by atoms with E-state index in [4.69, 9.17) is 9.47 Å². The van der Waals surface area contributed by atoms with Crippen molar-refractivity contribution in [2.75, 3.05) is 24.8 Å². The molecule has 2 aliphatic heterocycles. The lowest BCUT2D eigenvalue weighted by Gasteiger charge is -2.11. The molecule has 0 unspecified atom stereocenters. The summed E-state index contributed by atoms with van der Waals surface area (Å²) in [4.78, 5) is 11.7. The van der Waals surface area contributed by atoms with Gasteiger partial charge in [0.15, 0.2) is 21.3 Å². The summed E-state index contributed by atoms with van der Waals surface area (Å²) < 4.78 is 33.2. The van der Waals surface area contributed by atoms with Gasteiger partial charge in [-0.1, -0.05) is 6.07 Å². The van der Waals surface area contributed by atoms with E-state index >= 15 is 0 Å². The first-order chi connectivity index (χ1) is 10.5. The van der Waals surface area contributed by atoms with Crippen molar-refractivity contribution in [1.82, 2.24) is 10.6 Å². The van der Waals surface area contributed by atoms with Crippen molar-refractivity contribution in [2.24, 2.45) is 5.92 Å². The summed E-state index contributed by atoms with van der Waals surface area (Å²) >= 11 is 0. The number of rotatable bonds is 4. The number of carbonyl (C=O) groups is 1.